The molecule has 0 aliphatic carbocycles. The monoisotopic (exact) mass is 359 g/mol. The molecule has 8 nitrogen and oxygen atoms in total. The minimum atomic E-state index is -0.610. The minimum absolute atomic E-state index is 0.175. The lowest BCUT2D eigenvalue weighted by molar-refractivity contribution is 0.0963. The van der Waals surface area contributed by atoms with Gasteiger partial charge in [-0.1, -0.05) is 6.07 Å². The molecule has 136 valence electrons. The molecular formula is C17H18FN5O3. The Bertz CT molecular complexity index is 841. The van der Waals surface area contributed by atoms with Crippen LogP contribution in [0, 0.1) is 5.82 Å². The number of nitrogens with one attached hydrogen (secondary N) is 1. The highest BCUT2D eigenvalue weighted by molar-refractivity contribution is 5.95. The summed E-state index contributed by atoms with van der Waals surface area (Å²) in [5, 5.41) is 12.9. The first-order valence-electron chi connectivity index (χ1n) is 7.88. The summed E-state index contributed by atoms with van der Waals surface area (Å²) >= 11 is 0. The van der Waals surface area contributed by atoms with Crippen molar-refractivity contribution in [1.29, 1.82) is 0 Å². The van der Waals surface area contributed by atoms with Crippen molar-refractivity contribution in [3.63, 3.8) is 0 Å². The second-order valence-corrected chi connectivity index (χ2v) is 5.62. The van der Waals surface area contributed by atoms with Crippen LogP contribution in [0.3, 0.4) is 0 Å². The van der Waals surface area contributed by atoms with E-state index in [0.717, 1.165) is 0 Å². The number of cyclic esters (lactones) is 1. The summed E-state index contributed by atoms with van der Waals surface area (Å²) in [6.45, 7) is -0.102. The molecule has 3 rings (SSSR count). The van der Waals surface area contributed by atoms with Crippen LogP contribution in [-0.2, 0) is 4.74 Å². The molecule has 1 amide bonds. The fraction of sp³-hybridized carbons (Fsp3) is 0.235. The highest BCUT2D eigenvalue weighted by atomic mass is 19.1. The Kier molecular flexibility index (Phi) is 4.99. The predicted octanol–water partition coefficient (Wildman–Crippen LogP) is 1.04. The van der Waals surface area contributed by atoms with Gasteiger partial charge in [0.1, 0.15) is 17.6 Å². The number of amidine groups is 1. The van der Waals surface area contributed by atoms with Gasteiger partial charge in [-0.05, 0) is 24.3 Å². The van der Waals surface area contributed by atoms with E-state index in [2.05, 4.69) is 15.5 Å². The zero-order valence-corrected chi connectivity index (χ0v) is 14.0. The maximum atomic E-state index is 14.6. The molecule has 1 unspecified atom stereocenters. The van der Waals surface area contributed by atoms with Gasteiger partial charge < -0.3 is 21.0 Å². The summed E-state index contributed by atoms with van der Waals surface area (Å²) in [5.74, 6) is -0.282. The van der Waals surface area contributed by atoms with Crippen molar-refractivity contribution >= 4 is 17.6 Å². The van der Waals surface area contributed by atoms with E-state index >= 15 is 0 Å². The molecule has 0 saturated carbocycles. The lowest BCUT2D eigenvalue weighted by Gasteiger charge is -2.14. The van der Waals surface area contributed by atoms with Gasteiger partial charge in [-0.15, -0.1) is 0 Å². The number of nitrogens with two attached hydrogens (primary N) is 1. The van der Waals surface area contributed by atoms with E-state index in [1.54, 1.807) is 31.3 Å². The molecule has 1 aromatic carbocycles. The second-order valence-electron chi connectivity index (χ2n) is 5.62. The fourth-order valence-electron chi connectivity index (χ4n) is 2.62. The van der Waals surface area contributed by atoms with Gasteiger partial charge in [0.15, 0.2) is 5.84 Å². The first-order chi connectivity index (χ1) is 12.5. The van der Waals surface area contributed by atoms with Crippen molar-refractivity contribution in [2.75, 3.05) is 25.1 Å². The Hall–Kier alpha value is -3.20. The summed E-state index contributed by atoms with van der Waals surface area (Å²) in [4.78, 5) is 17.3. The number of hydrogen-bond donors (Lipinski definition) is 3. The van der Waals surface area contributed by atoms with Crippen molar-refractivity contribution in [2.24, 2.45) is 10.8 Å². The largest absolute Gasteiger partial charge is 0.441 e. The van der Waals surface area contributed by atoms with Crippen LogP contribution in [0.4, 0.5) is 14.9 Å². The topological polar surface area (TPSA) is 113 Å². The number of aromatic nitrogens is 1. The third-order valence-electron chi connectivity index (χ3n) is 3.91. The lowest BCUT2D eigenvalue weighted by atomic mass is 10.1. The molecule has 0 spiro atoms. The number of aliphatic hydroxyl groups is 1. The SMILES string of the molecule is CN/N=C(\N)c1ccc(-c2ccc(N3CC(CO)OC3=O)cc2F)cn1. The van der Waals surface area contributed by atoms with Gasteiger partial charge in [0, 0.05) is 24.4 Å². The number of aliphatic hydroxyl groups excluding tert-OH is 1. The van der Waals surface area contributed by atoms with Crippen LogP contribution in [0.25, 0.3) is 11.1 Å². The van der Waals surface area contributed by atoms with E-state index in [1.165, 1.54) is 17.2 Å². The van der Waals surface area contributed by atoms with E-state index in [-0.39, 0.29) is 19.0 Å². The number of rotatable bonds is 5. The van der Waals surface area contributed by atoms with E-state index in [0.29, 0.717) is 22.5 Å². The van der Waals surface area contributed by atoms with Crippen LogP contribution in [0.2, 0.25) is 0 Å². The lowest BCUT2D eigenvalue weighted by Crippen LogP contribution is -2.25. The van der Waals surface area contributed by atoms with Gasteiger partial charge in [0.05, 0.1) is 18.8 Å². The van der Waals surface area contributed by atoms with Gasteiger partial charge in [-0.2, -0.15) is 5.10 Å². The number of anilines is 1. The van der Waals surface area contributed by atoms with E-state index in [1.807, 2.05) is 0 Å². The maximum Gasteiger partial charge on any atom is 0.414 e. The number of carbonyl (C=O) groups is 1. The van der Waals surface area contributed by atoms with Crippen molar-refractivity contribution in [3.8, 4) is 11.1 Å². The summed E-state index contributed by atoms with van der Waals surface area (Å²) in [5.41, 5.74) is 10.0. The number of halogens is 1. The van der Waals surface area contributed by atoms with Gasteiger partial charge in [0.25, 0.3) is 0 Å². The third-order valence-corrected chi connectivity index (χ3v) is 3.91. The average molecular weight is 359 g/mol. The van der Waals surface area contributed by atoms with Gasteiger partial charge in [0.2, 0.25) is 0 Å². The standard InChI is InChI=1S/C17H18FN5O3/c1-20-22-16(19)15-5-2-10(7-21-15)13-4-3-11(6-14(13)18)23-8-12(9-24)26-17(23)25/h2-7,12,20,24H,8-9H2,1H3,(H2,19,22). The molecule has 2 heterocycles. The fourth-order valence-corrected chi connectivity index (χ4v) is 2.62. The van der Waals surface area contributed by atoms with Gasteiger partial charge >= 0.3 is 6.09 Å². The van der Waals surface area contributed by atoms with Crippen LogP contribution in [0.15, 0.2) is 41.6 Å². The highest BCUT2D eigenvalue weighted by Gasteiger charge is 2.32. The summed E-state index contributed by atoms with van der Waals surface area (Å²) in [7, 11) is 1.62. The van der Waals surface area contributed by atoms with Crippen LogP contribution in [0.1, 0.15) is 5.69 Å². The van der Waals surface area contributed by atoms with Crippen LogP contribution in [0.5, 0.6) is 0 Å². The number of hydrazone groups is 1. The number of hydrogen-bond acceptors (Lipinski definition) is 6. The first kappa shape index (κ1) is 17.6. The smallest absolute Gasteiger partial charge is 0.414 e. The molecule has 2 aromatic rings. The zero-order valence-electron chi connectivity index (χ0n) is 14.0. The Morgan fingerprint density at radius 2 is 2.31 bits per heavy atom. The number of pyridine rings is 1. The molecule has 1 aliphatic heterocycles. The molecule has 1 aromatic heterocycles. The van der Waals surface area contributed by atoms with Crippen LogP contribution < -0.4 is 16.1 Å². The van der Waals surface area contributed by atoms with Gasteiger partial charge in [-0.25, -0.2) is 9.18 Å². The van der Waals surface area contributed by atoms with E-state index in [4.69, 9.17) is 15.6 Å². The Balaban J connectivity index is 1.84. The van der Waals surface area contributed by atoms with Crippen molar-refractivity contribution in [2.45, 2.75) is 6.10 Å². The summed E-state index contributed by atoms with van der Waals surface area (Å²) < 4.78 is 19.5. The van der Waals surface area contributed by atoms with Crippen LogP contribution in [-0.4, -0.2) is 48.3 Å². The number of carbonyl (C=O) groups excluding carboxylic acids is 1. The molecule has 26 heavy (non-hydrogen) atoms. The maximum absolute atomic E-state index is 14.6. The van der Waals surface area contributed by atoms with Crippen molar-refractivity contribution < 1.29 is 19.0 Å². The molecular weight excluding hydrogens is 341 g/mol. The average Bonchev–Trinajstić information content (AvgIpc) is 3.03. The molecule has 1 atom stereocenters. The Labute approximate surface area is 149 Å². The molecule has 0 radical (unpaired) electrons. The highest BCUT2D eigenvalue weighted by Crippen LogP contribution is 2.28. The first-order valence-corrected chi connectivity index (χ1v) is 7.88. The number of nitrogens with zero attached hydrogens (tertiary/aromatic N) is 3. The van der Waals surface area contributed by atoms with Crippen molar-refractivity contribution in [3.05, 3.63) is 48.0 Å². The Morgan fingerprint density at radius 3 is 2.88 bits per heavy atom. The van der Waals surface area contributed by atoms with E-state index < -0.39 is 18.0 Å². The van der Waals surface area contributed by atoms with Crippen molar-refractivity contribution in [1.82, 2.24) is 10.4 Å². The quantitative estimate of drug-likeness (QED) is 0.418. The second kappa shape index (κ2) is 7.36. The van der Waals surface area contributed by atoms with Crippen LogP contribution >= 0.6 is 0 Å². The predicted molar refractivity (Wildman–Crippen MR) is 94.1 cm³/mol. The normalized spacial score (nSPS) is 17.3. The molecule has 1 saturated heterocycles. The van der Waals surface area contributed by atoms with E-state index in [9.17, 15) is 9.18 Å². The summed E-state index contributed by atoms with van der Waals surface area (Å²) in [6.07, 6.45) is 0.283. The minimum Gasteiger partial charge on any atom is -0.441 e. The van der Waals surface area contributed by atoms with Gasteiger partial charge in [-0.3, -0.25) is 9.88 Å². The summed E-state index contributed by atoms with van der Waals surface area (Å²) in [6, 6.07) is 7.75. The number of ether oxygens (including phenoxy) is 1. The molecule has 0 bridgehead atoms. The number of benzene rings is 1. The molecule has 9 heteroatoms. The third kappa shape index (κ3) is 3.42. The molecule has 1 fully saturated rings. The number of amides is 1. The molecule has 4 N–H and O–H groups in total. The zero-order chi connectivity index (χ0) is 18.7. The Morgan fingerprint density at radius 1 is 1.50 bits per heavy atom. The molecule has 1 aliphatic rings.